The van der Waals surface area contributed by atoms with E-state index in [2.05, 4.69) is 10.3 Å². The minimum atomic E-state index is -4.36. The molecule has 5 heteroatoms. The second kappa shape index (κ2) is 4.41. The molecular formula is C11H13F3N2. The SMILES string of the molecule is FC(F)(F)c1cc(C2CCCCN2)ccn1. The van der Waals surface area contributed by atoms with E-state index in [0.29, 0.717) is 5.56 Å². The largest absolute Gasteiger partial charge is 0.433 e. The second-order valence-electron chi connectivity index (χ2n) is 3.97. The van der Waals surface area contributed by atoms with E-state index in [1.54, 1.807) is 6.07 Å². The summed E-state index contributed by atoms with van der Waals surface area (Å²) in [4.78, 5) is 3.35. The molecule has 1 aliphatic rings. The molecule has 1 N–H and O–H groups in total. The van der Waals surface area contributed by atoms with Crippen molar-refractivity contribution in [2.45, 2.75) is 31.5 Å². The number of alkyl halides is 3. The predicted molar refractivity (Wildman–Crippen MR) is 53.8 cm³/mol. The van der Waals surface area contributed by atoms with Gasteiger partial charge in [-0.05, 0) is 37.1 Å². The standard InChI is InChI=1S/C11H13F3N2/c12-11(13,14)10-7-8(4-6-16-10)9-3-1-2-5-15-9/h4,6-7,9,15H,1-3,5H2. The van der Waals surface area contributed by atoms with Crippen LogP contribution in [0.1, 0.15) is 36.6 Å². The topological polar surface area (TPSA) is 24.9 Å². The van der Waals surface area contributed by atoms with Crippen LogP contribution in [0.3, 0.4) is 0 Å². The highest BCUT2D eigenvalue weighted by Crippen LogP contribution is 2.30. The Morgan fingerprint density at radius 2 is 2.12 bits per heavy atom. The summed E-state index contributed by atoms with van der Waals surface area (Å²) < 4.78 is 37.4. The lowest BCUT2D eigenvalue weighted by Gasteiger charge is -2.24. The van der Waals surface area contributed by atoms with Crippen molar-refractivity contribution in [2.24, 2.45) is 0 Å². The van der Waals surface area contributed by atoms with Crippen molar-refractivity contribution in [1.29, 1.82) is 0 Å². The maximum Gasteiger partial charge on any atom is 0.433 e. The van der Waals surface area contributed by atoms with Crippen LogP contribution in [0.15, 0.2) is 18.3 Å². The molecule has 1 unspecified atom stereocenters. The van der Waals surface area contributed by atoms with Crippen LogP contribution in [0.5, 0.6) is 0 Å². The predicted octanol–water partition coefficient (Wildman–Crippen LogP) is 2.92. The lowest BCUT2D eigenvalue weighted by Crippen LogP contribution is -2.27. The molecule has 2 heterocycles. The number of aromatic nitrogens is 1. The van der Waals surface area contributed by atoms with E-state index < -0.39 is 11.9 Å². The van der Waals surface area contributed by atoms with Crippen LogP contribution in [-0.2, 0) is 6.18 Å². The Hall–Kier alpha value is -1.10. The molecule has 1 fully saturated rings. The van der Waals surface area contributed by atoms with Gasteiger partial charge in [-0.15, -0.1) is 0 Å². The molecule has 0 amide bonds. The van der Waals surface area contributed by atoms with Crippen LogP contribution >= 0.6 is 0 Å². The fourth-order valence-electron chi connectivity index (χ4n) is 1.95. The number of nitrogens with one attached hydrogen (secondary N) is 1. The summed E-state index contributed by atoms with van der Waals surface area (Å²) in [5, 5.41) is 3.22. The fourth-order valence-corrected chi connectivity index (χ4v) is 1.95. The first kappa shape index (κ1) is 11.4. The zero-order chi connectivity index (χ0) is 11.6. The van der Waals surface area contributed by atoms with Gasteiger partial charge in [0.2, 0.25) is 0 Å². The summed E-state index contributed by atoms with van der Waals surface area (Å²) in [6.07, 6.45) is -0.0878. The van der Waals surface area contributed by atoms with Crippen molar-refractivity contribution in [3.8, 4) is 0 Å². The Labute approximate surface area is 91.9 Å². The quantitative estimate of drug-likeness (QED) is 0.802. The Bertz CT molecular complexity index is 356. The van der Waals surface area contributed by atoms with Gasteiger partial charge in [-0.3, -0.25) is 4.98 Å². The van der Waals surface area contributed by atoms with Crippen LogP contribution in [0.4, 0.5) is 13.2 Å². The van der Waals surface area contributed by atoms with E-state index in [9.17, 15) is 13.2 Å². The van der Waals surface area contributed by atoms with Crippen molar-refractivity contribution in [1.82, 2.24) is 10.3 Å². The van der Waals surface area contributed by atoms with Crippen LogP contribution in [0.25, 0.3) is 0 Å². The Morgan fingerprint density at radius 1 is 1.31 bits per heavy atom. The molecule has 88 valence electrons. The van der Waals surface area contributed by atoms with E-state index in [1.165, 1.54) is 6.20 Å². The highest BCUT2D eigenvalue weighted by Gasteiger charge is 2.33. The van der Waals surface area contributed by atoms with E-state index in [1.807, 2.05) is 0 Å². The molecule has 0 bridgehead atoms. The summed E-state index contributed by atoms with van der Waals surface area (Å²) in [6, 6.07) is 2.83. The monoisotopic (exact) mass is 230 g/mol. The Balaban J connectivity index is 2.21. The average molecular weight is 230 g/mol. The molecule has 0 aliphatic carbocycles. The molecule has 0 spiro atoms. The minimum absolute atomic E-state index is 0.0397. The molecule has 0 radical (unpaired) electrons. The van der Waals surface area contributed by atoms with Gasteiger partial charge in [0, 0.05) is 12.2 Å². The normalized spacial score (nSPS) is 22.1. The molecule has 2 rings (SSSR count). The zero-order valence-corrected chi connectivity index (χ0v) is 8.72. The maximum atomic E-state index is 12.5. The molecule has 1 aromatic rings. The second-order valence-corrected chi connectivity index (χ2v) is 3.97. The van der Waals surface area contributed by atoms with Gasteiger partial charge < -0.3 is 5.32 Å². The third kappa shape index (κ3) is 2.52. The van der Waals surface area contributed by atoms with Gasteiger partial charge in [0.15, 0.2) is 0 Å². The molecular weight excluding hydrogens is 217 g/mol. The molecule has 0 aromatic carbocycles. The maximum absolute atomic E-state index is 12.5. The number of nitrogens with zero attached hydrogens (tertiary/aromatic N) is 1. The van der Waals surface area contributed by atoms with E-state index in [4.69, 9.17) is 0 Å². The Morgan fingerprint density at radius 3 is 2.75 bits per heavy atom. The van der Waals surface area contributed by atoms with Gasteiger partial charge in [-0.2, -0.15) is 13.2 Å². The first-order valence-electron chi connectivity index (χ1n) is 5.34. The molecule has 1 saturated heterocycles. The van der Waals surface area contributed by atoms with Crippen molar-refractivity contribution >= 4 is 0 Å². The molecule has 1 aliphatic heterocycles. The first-order chi connectivity index (χ1) is 7.57. The number of piperidine rings is 1. The molecule has 0 saturated carbocycles. The number of pyridine rings is 1. The highest BCUT2D eigenvalue weighted by molar-refractivity contribution is 5.22. The van der Waals surface area contributed by atoms with E-state index in [0.717, 1.165) is 31.9 Å². The lowest BCUT2D eigenvalue weighted by atomic mass is 9.98. The summed E-state index contributed by atoms with van der Waals surface area (Å²) in [5.74, 6) is 0. The molecule has 1 aromatic heterocycles. The smallest absolute Gasteiger partial charge is 0.310 e. The Kier molecular flexibility index (Phi) is 3.14. The van der Waals surface area contributed by atoms with Crippen molar-refractivity contribution in [2.75, 3.05) is 6.54 Å². The van der Waals surface area contributed by atoms with Gasteiger partial charge in [-0.25, -0.2) is 0 Å². The molecule has 2 nitrogen and oxygen atoms in total. The molecule has 1 atom stereocenters. The van der Waals surface area contributed by atoms with Gasteiger partial charge in [0.1, 0.15) is 5.69 Å². The summed E-state index contributed by atoms with van der Waals surface area (Å²) in [6.45, 7) is 0.869. The van der Waals surface area contributed by atoms with Crippen molar-refractivity contribution in [3.63, 3.8) is 0 Å². The zero-order valence-electron chi connectivity index (χ0n) is 8.72. The van der Waals surface area contributed by atoms with Gasteiger partial charge in [0.05, 0.1) is 0 Å². The van der Waals surface area contributed by atoms with E-state index in [-0.39, 0.29) is 6.04 Å². The van der Waals surface area contributed by atoms with Crippen LogP contribution in [0.2, 0.25) is 0 Å². The van der Waals surface area contributed by atoms with Gasteiger partial charge in [0.25, 0.3) is 0 Å². The average Bonchev–Trinajstić information content (AvgIpc) is 2.29. The van der Waals surface area contributed by atoms with Gasteiger partial charge in [-0.1, -0.05) is 6.42 Å². The fraction of sp³-hybridized carbons (Fsp3) is 0.545. The first-order valence-corrected chi connectivity index (χ1v) is 5.34. The third-order valence-electron chi connectivity index (χ3n) is 2.79. The van der Waals surface area contributed by atoms with Crippen LogP contribution in [-0.4, -0.2) is 11.5 Å². The highest BCUT2D eigenvalue weighted by atomic mass is 19.4. The van der Waals surface area contributed by atoms with Crippen molar-refractivity contribution in [3.05, 3.63) is 29.6 Å². The number of hydrogen-bond donors (Lipinski definition) is 1. The summed E-state index contributed by atoms with van der Waals surface area (Å²) >= 11 is 0. The summed E-state index contributed by atoms with van der Waals surface area (Å²) in [5.41, 5.74) is -0.126. The number of hydrogen-bond acceptors (Lipinski definition) is 2. The lowest BCUT2D eigenvalue weighted by molar-refractivity contribution is -0.141. The number of rotatable bonds is 1. The van der Waals surface area contributed by atoms with E-state index >= 15 is 0 Å². The summed E-state index contributed by atoms with van der Waals surface area (Å²) in [7, 11) is 0. The van der Waals surface area contributed by atoms with Crippen LogP contribution in [0, 0.1) is 0 Å². The van der Waals surface area contributed by atoms with Gasteiger partial charge >= 0.3 is 6.18 Å². The number of halogens is 3. The van der Waals surface area contributed by atoms with Crippen molar-refractivity contribution < 1.29 is 13.2 Å². The van der Waals surface area contributed by atoms with Crippen LogP contribution < -0.4 is 5.32 Å². The third-order valence-corrected chi connectivity index (χ3v) is 2.79. The molecule has 16 heavy (non-hydrogen) atoms. The minimum Gasteiger partial charge on any atom is -0.310 e.